The minimum Gasteiger partial charge on any atom is -0.369 e. The number of benzene rings is 1. The molecule has 1 heterocycles. The van der Waals surface area contributed by atoms with Crippen molar-refractivity contribution >= 4 is 5.69 Å². The van der Waals surface area contributed by atoms with Crippen LogP contribution in [0.25, 0.3) is 0 Å². The second-order valence-electron chi connectivity index (χ2n) is 3.74. The summed E-state index contributed by atoms with van der Waals surface area (Å²) < 4.78 is 13.3. The van der Waals surface area contributed by atoms with E-state index in [1.54, 1.807) is 12.1 Å². The monoisotopic (exact) mass is 205 g/mol. The van der Waals surface area contributed by atoms with Gasteiger partial charge < -0.3 is 10.6 Å². The molecule has 2 N–H and O–H groups in total. The van der Waals surface area contributed by atoms with Crippen LogP contribution in [0.2, 0.25) is 0 Å². The van der Waals surface area contributed by atoms with Crippen LogP contribution in [0.5, 0.6) is 0 Å². The first-order valence-corrected chi connectivity index (χ1v) is 4.91. The Morgan fingerprint density at radius 3 is 2.93 bits per heavy atom. The van der Waals surface area contributed by atoms with Crippen molar-refractivity contribution < 1.29 is 4.39 Å². The van der Waals surface area contributed by atoms with Crippen LogP contribution in [-0.2, 0) is 0 Å². The number of anilines is 1. The molecule has 0 spiro atoms. The number of rotatable bonds is 1. The van der Waals surface area contributed by atoms with E-state index >= 15 is 0 Å². The first-order valence-electron chi connectivity index (χ1n) is 4.91. The smallest absolute Gasteiger partial charge is 0.143 e. The van der Waals surface area contributed by atoms with Gasteiger partial charge in [0.25, 0.3) is 0 Å². The average molecular weight is 205 g/mol. The lowest BCUT2D eigenvalue weighted by Gasteiger charge is -2.19. The third-order valence-corrected chi connectivity index (χ3v) is 2.67. The zero-order valence-electron chi connectivity index (χ0n) is 8.28. The van der Waals surface area contributed by atoms with Crippen LogP contribution in [0.1, 0.15) is 12.0 Å². The van der Waals surface area contributed by atoms with E-state index in [0.29, 0.717) is 12.2 Å². The Bertz CT molecular complexity index is 411. The van der Waals surface area contributed by atoms with E-state index in [0.717, 1.165) is 13.0 Å². The number of halogens is 1. The van der Waals surface area contributed by atoms with E-state index < -0.39 is 5.82 Å². The SMILES string of the molecule is N#Cc1c(F)cccc1N1CC[C@H](N)C1. The highest BCUT2D eigenvalue weighted by atomic mass is 19.1. The standard InChI is InChI=1S/C11H12FN3/c12-10-2-1-3-11(9(10)6-13)15-5-4-8(14)7-15/h1-3,8H,4-5,7,14H2/t8-/m0/s1. The predicted octanol–water partition coefficient (Wildman–Crippen LogP) is 1.23. The molecule has 0 bridgehead atoms. The summed E-state index contributed by atoms with van der Waals surface area (Å²) in [4.78, 5) is 1.96. The Kier molecular flexibility index (Phi) is 2.57. The van der Waals surface area contributed by atoms with E-state index in [2.05, 4.69) is 0 Å². The largest absolute Gasteiger partial charge is 0.369 e. The molecule has 0 aliphatic carbocycles. The lowest BCUT2D eigenvalue weighted by atomic mass is 10.1. The first-order chi connectivity index (χ1) is 7.22. The molecule has 2 rings (SSSR count). The maximum Gasteiger partial charge on any atom is 0.143 e. The van der Waals surface area contributed by atoms with E-state index in [-0.39, 0.29) is 11.6 Å². The van der Waals surface area contributed by atoms with Gasteiger partial charge in [-0.25, -0.2) is 4.39 Å². The fourth-order valence-corrected chi connectivity index (χ4v) is 1.89. The summed E-state index contributed by atoms with van der Waals surface area (Å²) in [6, 6.07) is 6.71. The van der Waals surface area contributed by atoms with Gasteiger partial charge in [-0.1, -0.05) is 6.07 Å². The molecule has 0 radical (unpaired) electrons. The lowest BCUT2D eigenvalue weighted by molar-refractivity contribution is 0.623. The summed E-state index contributed by atoms with van der Waals surface area (Å²) in [5.41, 5.74) is 6.55. The van der Waals surface area contributed by atoms with Crippen LogP contribution >= 0.6 is 0 Å². The lowest BCUT2D eigenvalue weighted by Crippen LogP contribution is -2.26. The minimum absolute atomic E-state index is 0.117. The van der Waals surface area contributed by atoms with Gasteiger partial charge in [-0.15, -0.1) is 0 Å². The topological polar surface area (TPSA) is 53.0 Å². The van der Waals surface area contributed by atoms with Gasteiger partial charge in [0.15, 0.2) is 0 Å². The summed E-state index contributed by atoms with van der Waals surface area (Å²) in [5.74, 6) is -0.463. The normalized spacial score (nSPS) is 20.3. The zero-order chi connectivity index (χ0) is 10.8. The second-order valence-corrected chi connectivity index (χ2v) is 3.74. The van der Waals surface area contributed by atoms with Crippen molar-refractivity contribution in [2.45, 2.75) is 12.5 Å². The highest BCUT2D eigenvalue weighted by Gasteiger charge is 2.22. The van der Waals surface area contributed by atoms with E-state index in [1.165, 1.54) is 6.07 Å². The molecular formula is C11H12FN3. The van der Waals surface area contributed by atoms with Crippen LogP contribution in [0.3, 0.4) is 0 Å². The van der Waals surface area contributed by atoms with Gasteiger partial charge in [-0.3, -0.25) is 0 Å². The van der Waals surface area contributed by atoms with Crippen LogP contribution in [0.4, 0.5) is 10.1 Å². The van der Waals surface area contributed by atoms with E-state index in [9.17, 15) is 4.39 Å². The van der Waals surface area contributed by atoms with Crippen molar-refractivity contribution in [3.05, 3.63) is 29.6 Å². The van der Waals surface area contributed by atoms with Gasteiger partial charge in [0.1, 0.15) is 17.4 Å². The Balaban J connectivity index is 2.36. The number of hydrogen-bond donors (Lipinski definition) is 1. The summed E-state index contributed by atoms with van der Waals surface area (Å²) in [7, 11) is 0. The average Bonchev–Trinajstić information content (AvgIpc) is 2.64. The van der Waals surface area contributed by atoms with Gasteiger partial charge in [-0.05, 0) is 18.6 Å². The molecule has 0 unspecified atom stereocenters. The number of nitriles is 1. The number of hydrogen-bond acceptors (Lipinski definition) is 3. The van der Waals surface area contributed by atoms with Gasteiger partial charge in [0.05, 0.1) is 5.69 Å². The third kappa shape index (κ3) is 1.79. The predicted molar refractivity (Wildman–Crippen MR) is 55.9 cm³/mol. The molecule has 0 amide bonds. The Morgan fingerprint density at radius 1 is 1.53 bits per heavy atom. The molecule has 3 nitrogen and oxygen atoms in total. The quantitative estimate of drug-likeness (QED) is 0.750. The molecule has 1 aliphatic rings. The Labute approximate surface area is 87.9 Å². The zero-order valence-corrected chi connectivity index (χ0v) is 8.28. The van der Waals surface area contributed by atoms with Crippen molar-refractivity contribution in [3.63, 3.8) is 0 Å². The molecular weight excluding hydrogens is 193 g/mol. The van der Waals surface area contributed by atoms with Crippen LogP contribution < -0.4 is 10.6 Å². The summed E-state index contributed by atoms with van der Waals surface area (Å²) >= 11 is 0. The van der Waals surface area contributed by atoms with Gasteiger partial charge >= 0.3 is 0 Å². The van der Waals surface area contributed by atoms with Crippen LogP contribution in [-0.4, -0.2) is 19.1 Å². The number of nitrogens with zero attached hydrogens (tertiary/aromatic N) is 2. The highest BCUT2D eigenvalue weighted by molar-refractivity contribution is 5.60. The van der Waals surface area contributed by atoms with Crippen LogP contribution in [0.15, 0.2) is 18.2 Å². The summed E-state index contributed by atoms with van der Waals surface area (Å²) in [5, 5.41) is 8.88. The third-order valence-electron chi connectivity index (χ3n) is 2.67. The van der Waals surface area contributed by atoms with E-state index in [1.807, 2.05) is 11.0 Å². The van der Waals surface area contributed by atoms with Crippen molar-refractivity contribution in [1.29, 1.82) is 5.26 Å². The molecule has 1 aromatic rings. The molecule has 1 aliphatic heterocycles. The Hall–Kier alpha value is -1.60. The summed E-state index contributed by atoms with van der Waals surface area (Å²) in [6.07, 6.45) is 0.890. The van der Waals surface area contributed by atoms with E-state index in [4.69, 9.17) is 11.0 Å². The fraction of sp³-hybridized carbons (Fsp3) is 0.364. The molecule has 1 saturated heterocycles. The summed E-state index contributed by atoms with van der Waals surface area (Å²) in [6.45, 7) is 1.48. The van der Waals surface area contributed by atoms with Crippen molar-refractivity contribution in [1.82, 2.24) is 0 Å². The maximum atomic E-state index is 13.3. The molecule has 1 atom stereocenters. The van der Waals surface area contributed by atoms with Crippen LogP contribution in [0, 0.1) is 17.1 Å². The van der Waals surface area contributed by atoms with Gasteiger partial charge in [0.2, 0.25) is 0 Å². The van der Waals surface area contributed by atoms with Gasteiger partial charge in [0, 0.05) is 19.1 Å². The van der Waals surface area contributed by atoms with Crippen molar-refractivity contribution in [2.75, 3.05) is 18.0 Å². The van der Waals surface area contributed by atoms with Crippen molar-refractivity contribution in [2.24, 2.45) is 5.73 Å². The van der Waals surface area contributed by atoms with Crippen molar-refractivity contribution in [3.8, 4) is 6.07 Å². The molecule has 1 aromatic carbocycles. The molecule has 15 heavy (non-hydrogen) atoms. The highest BCUT2D eigenvalue weighted by Crippen LogP contribution is 2.25. The number of nitrogens with two attached hydrogens (primary N) is 1. The molecule has 4 heteroatoms. The Morgan fingerprint density at radius 2 is 2.33 bits per heavy atom. The maximum absolute atomic E-state index is 13.3. The molecule has 0 aromatic heterocycles. The fourth-order valence-electron chi connectivity index (χ4n) is 1.89. The molecule has 78 valence electrons. The van der Waals surface area contributed by atoms with Gasteiger partial charge in [-0.2, -0.15) is 5.26 Å². The molecule has 0 saturated carbocycles. The first kappa shape index (κ1) is 9.94. The molecule has 1 fully saturated rings. The minimum atomic E-state index is -0.463. The second kappa shape index (κ2) is 3.87.